The number of halogens is 1. The molecule has 0 aliphatic heterocycles. The van der Waals surface area contributed by atoms with Crippen LogP contribution in [0.3, 0.4) is 0 Å². The van der Waals surface area contributed by atoms with Gasteiger partial charge in [0.25, 0.3) is 10.0 Å². The summed E-state index contributed by atoms with van der Waals surface area (Å²) in [4.78, 5) is 14.3. The van der Waals surface area contributed by atoms with Crippen LogP contribution in [-0.2, 0) is 10.0 Å². The van der Waals surface area contributed by atoms with Crippen LogP contribution in [0.15, 0.2) is 41.4 Å². The molecule has 110 valence electrons. The number of carbonyl (C=O) groups is 1. The minimum Gasteiger partial charge on any atom is -0.478 e. The third-order valence-corrected chi connectivity index (χ3v) is 4.18. The van der Waals surface area contributed by atoms with E-state index in [2.05, 4.69) is 9.71 Å². The first kappa shape index (κ1) is 14.9. The van der Waals surface area contributed by atoms with Crippen molar-refractivity contribution in [1.29, 1.82) is 0 Å². The van der Waals surface area contributed by atoms with Crippen molar-refractivity contribution in [2.45, 2.75) is 11.8 Å². The van der Waals surface area contributed by atoms with Crippen LogP contribution in [0, 0.1) is 12.7 Å². The number of anilines is 1. The first-order chi connectivity index (χ1) is 9.79. The number of aromatic carboxylic acids is 1. The quantitative estimate of drug-likeness (QED) is 0.900. The first-order valence-electron chi connectivity index (χ1n) is 5.78. The lowest BCUT2D eigenvalue weighted by atomic mass is 10.2. The number of carboxylic acid groups (broad SMARTS) is 1. The highest BCUT2D eigenvalue weighted by Crippen LogP contribution is 2.19. The average Bonchev–Trinajstić information content (AvgIpc) is 2.41. The molecule has 0 unspecified atom stereocenters. The molecular formula is C13H11FN2O4S. The number of nitrogens with zero attached hydrogens (tertiary/aromatic N) is 1. The molecule has 0 amide bonds. The normalized spacial score (nSPS) is 11.1. The number of hydrogen-bond donors (Lipinski definition) is 2. The Labute approximate surface area is 120 Å². The van der Waals surface area contributed by atoms with Gasteiger partial charge < -0.3 is 5.11 Å². The molecule has 2 N–H and O–H groups in total. The molecular weight excluding hydrogens is 299 g/mol. The fourth-order valence-corrected chi connectivity index (χ4v) is 2.93. The number of hydrogen-bond acceptors (Lipinski definition) is 4. The van der Waals surface area contributed by atoms with Crippen LogP contribution in [0.5, 0.6) is 0 Å². The fourth-order valence-electron chi connectivity index (χ4n) is 1.68. The van der Waals surface area contributed by atoms with Crippen molar-refractivity contribution < 1.29 is 22.7 Å². The van der Waals surface area contributed by atoms with Crippen molar-refractivity contribution in [3.05, 3.63) is 53.5 Å². The molecule has 6 nitrogen and oxygen atoms in total. The Morgan fingerprint density at radius 1 is 1.29 bits per heavy atom. The Hall–Kier alpha value is -2.48. The summed E-state index contributed by atoms with van der Waals surface area (Å²) >= 11 is 0. The van der Waals surface area contributed by atoms with Gasteiger partial charge in [0.2, 0.25) is 0 Å². The van der Waals surface area contributed by atoms with Gasteiger partial charge in [0.05, 0.1) is 10.5 Å². The van der Waals surface area contributed by atoms with E-state index in [1.54, 1.807) is 0 Å². The molecule has 2 aromatic rings. The number of carboxylic acids is 1. The molecule has 0 spiro atoms. The Balaban J connectivity index is 2.40. The molecule has 0 atom stereocenters. The predicted octanol–water partition coefficient (Wildman–Crippen LogP) is 2.03. The van der Waals surface area contributed by atoms with E-state index in [0.717, 1.165) is 18.2 Å². The molecule has 0 radical (unpaired) electrons. The van der Waals surface area contributed by atoms with Gasteiger partial charge in [0.15, 0.2) is 0 Å². The van der Waals surface area contributed by atoms with E-state index in [4.69, 9.17) is 5.11 Å². The summed E-state index contributed by atoms with van der Waals surface area (Å²) in [6.45, 7) is 1.52. The summed E-state index contributed by atoms with van der Waals surface area (Å²) in [6, 6.07) is 5.68. The highest BCUT2D eigenvalue weighted by atomic mass is 32.2. The van der Waals surface area contributed by atoms with E-state index in [1.807, 2.05) is 0 Å². The van der Waals surface area contributed by atoms with Crippen molar-refractivity contribution in [3.63, 3.8) is 0 Å². The van der Waals surface area contributed by atoms with Gasteiger partial charge in [-0.25, -0.2) is 22.6 Å². The maximum atomic E-state index is 13.2. The number of benzene rings is 1. The molecule has 1 aromatic heterocycles. The van der Waals surface area contributed by atoms with Gasteiger partial charge in [-0.2, -0.15) is 0 Å². The van der Waals surface area contributed by atoms with Gasteiger partial charge in [-0.3, -0.25) is 4.72 Å². The van der Waals surface area contributed by atoms with E-state index in [1.165, 1.54) is 25.3 Å². The number of sulfonamides is 1. The molecule has 0 saturated carbocycles. The lowest BCUT2D eigenvalue weighted by Crippen LogP contribution is -2.16. The summed E-state index contributed by atoms with van der Waals surface area (Å²) in [5.74, 6) is -2.05. The molecule has 0 saturated heterocycles. The smallest absolute Gasteiger partial charge is 0.335 e. The van der Waals surface area contributed by atoms with Crippen LogP contribution in [0.1, 0.15) is 15.9 Å². The van der Waals surface area contributed by atoms with Gasteiger partial charge in [-0.1, -0.05) is 6.07 Å². The minimum absolute atomic E-state index is 0.112. The maximum absolute atomic E-state index is 13.2. The zero-order valence-electron chi connectivity index (χ0n) is 10.9. The monoisotopic (exact) mass is 310 g/mol. The zero-order chi connectivity index (χ0) is 15.6. The standard InChI is InChI=1S/C13H11FN2O4S/c1-8-2-3-10(14)7-11(8)21(19,20)16-12-6-9(13(17)18)4-5-15-12/h2-7H,1H3,(H,15,16)(H,17,18). The lowest BCUT2D eigenvalue weighted by Gasteiger charge is -2.10. The molecule has 8 heteroatoms. The highest BCUT2D eigenvalue weighted by molar-refractivity contribution is 7.92. The summed E-state index contributed by atoms with van der Waals surface area (Å²) in [7, 11) is -4.05. The molecule has 0 aliphatic rings. The number of nitrogens with one attached hydrogen (secondary N) is 1. The largest absolute Gasteiger partial charge is 0.478 e. The molecule has 1 aromatic carbocycles. The van der Waals surface area contributed by atoms with Crippen molar-refractivity contribution in [1.82, 2.24) is 4.98 Å². The number of aryl methyl sites for hydroxylation is 1. The Morgan fingerprint density at radius 2 is 2.00 bits per heavy atom. The average molecular weight is 310 g/mol. The van der Waals surface area contributed by atoms with E-state index in [9.17, 15) is 17.6 Å². The van der Waals surface area contributed by atoms with Crippen LogP contribution in [-0.4, -0.2) is 24.5 Å². The fraction of sp³-hybridized carbons (Fsp3) is 0.0769. The second-order valence-electron chi connectivity index (χ2n) is 4.25. The first-order valence-corrected chi connectivity index (χ1v) is 7.26. The Kier molecular flexibility index (Phi) is 3.90. The minimum atomic E-state index is -4.05. The predicted molar refractivity (Wildman–Crippen MR) is 73.1 cm³/mol. The molecule has 0 bridgehead atoms. The second kappa shape index (κ2) is 5.49. The molecule has 21 heavy (non-hydrogen) atoms. The van der Waals surface area contributed by atoms with Crippen LogP contribution in [0.2, 0.25) is 0 Å². The maximum Gasteiger partial charge on any atom is 0.335 e. The van der Waals surface area contributed by atoms with Gasteiger partial charge in [0.1, 0.15) is 11.6 Å². The third kappa shape index (κ3) is 3.34. The topological polar surface area (TPSA) is 96.4 Å². The lowest BCUT2D eigenvalue weighted by molar-refractivity contribution is 0.0697. The summed E-state index contributed by atoms with van der Waals surface area (Å²) in [6.07, 6.45) is 1.17. The van der Waals surface area contributed by atoms with Gasteiger partial charge >= 0.3 is 5.97 Å². The Bertz CT molecular complexity index is 806. The zero-order valence-corrected chi connectivity index (χ0v) is 11.7. The van der Waals surface area contributed by atoms with E-state index in [-0.39, 0.29) is 16.3 Å². The van der Waals surface area contributed by atoms with Gasteiger partial charge in [0, 0.05) is 6.20 Å². The van der Waals surface area contributed by atoms with Crippen molar-refractivity contribution >= 4 is 21.8 Å². The van der Waals surface area contributed by atoms with Gasteiger partial charge in [-0.15, -0.1) is 0 Å². The van der Waals surface area contributed by atoms with Crippen LogP contribution < -0.4 is 4.72 Å². The van der Waals surface area contributed by atoms with E-state index in [0.29, 0.717) is 5.56 Å². The van der Waals surface area contributed by atoms with Crippen molar-refractivity contribution in [2.24, 2.45) is 0 Å². The third-order valence-electron chi connectivity index (χ3n) is 2.69. The van der Waals surface area contributed by atoms with Crippen LogP contribution in [0.25, 0.3) is 0 Å². The number of pyridine rings is 1. The van der Waals surface area contributed by atoms with Crippen LogP contribution >= 0.6 is 0 Å². The van der Waals surface area contributed by atoms with E-state index >= 15 is 0 Å². The van der Waals surface area contributed by atoms with Crippen molar-refractivity contribution in [2.75, 3.05) is 4.72 Å². The SMILES string of the molecule is Cc1ccc(F)cc1S(=O)(=O)Nc1cc(C(=O)O)ccn1. The van der Waals surface area contributed by atoms with Crippen molar-refractivity contribution in [3.8, 4) is 0 Å². The number of rotatable bonds is 4. The second-order valence-corrected chi connectivity index (χ2v) is 5.90. The summed E-state index contributed by atoms with van der Waals surface area (Å²) in [5, 5.41) is 8.85. The summed E-state index contributed by atoms with van der Waals surface area (Å²) in [5.41, 5.74) is 0.247. The molecule has 1 heterocycles. The molecule has 0 aliphatic carbocycles. The van der Waals surface area contributed by atoms with Gasteiger partial charge in [-0.05, 0) is 36.8 Å². The Morgan fingerprint density at radius 3 is 2.67 bits per heavy atom. The van der Waals surface area contributed by atoms with E-state index < -0.39 is 21.8 Å². The molecule has 0 fully saturated rings. The van der Waals surface area contributed by atoms with Crippen LogP contribution in [0.4, 0.5) is 10.2 Å². The number of aromatic nitrogens is 1. The summed E-state index contributed by atoms with van der Waals surface area (Å²) < 4.78 is 39.7. The highest BCUT2D eigenvalue weighted by Gasteiger charge is 2.19. The molecule has 2 rings (SSSR count).